The van der Waals surface area contributed by atoms with E-state index in [0.717, 1.165) is 5.56 Å². The van der Waals surface area contributed by atoms with E-state index < -0.39 is 5.91 Å². The van der Waals surface area contributed by atoms with Gasteiger partial charge >= 0.3 is 0 Å². The van der Waals surface area contributed by atoms with Crippen molar-refractivity contribution >= 4 is 51.9 Å². The van der Waals surface area contributed by atoms with E-state index in [9.17, 15) is 14.9 Å². The maximum atomic E-state index is 12.6. The van der Waals surface area contributed by atoms with Crippen molar-refractivity contribution in [1.82, 2.24) is 0 Å². The van der Waals surface area contributed by atoms with Crippen LogP contribution in [0.15, 0.2) is 66.2 Å². The number of anilines is 2. The Balaban J connectivity index is 1.72. The van der Waals surface area contributed by atoms with Crippen molar-refractivity contribution in [3.05, 3.63) is 80.9 Å². The number of nitriles is 1. The van der Waals surface area contributed by atoms with Crippen molar-refractivity contribution in [2.24, 2.45) is 0 Å². The van der Waals surface area contributed by atoms with Crippen LogP contribution < -0.4 is 24.8 Å². The molecule has 0 spiro atoms. The number of nitrogens with one attached hydrogen (secondary N) is 2. The van der Waals surface area contributed by atoms with Crippen LogP contribution in [0.2, 0.25) is 0 Å². The summed E-state index contributed by atoms with van der Waals surface area (Å²) in [5.41, 5.74) is 2.77. The molecule has 0 atom stereocenters. The van der Waals surface area contributed by atoms with Gasteiger partial charge in [-0.2, -0.15) is 5.26 Å². The summed E-state index contributed by atoms with van der Waals surface area (Å²) in [4.78, 5) is 24.9. The highest BCUT2D eigenvalue weighted by atomic mass is 127. The number of carbonyl (C=O) groups is 2. The molecule has 8 nitrogen and oxygen atoms in total. The van der Waals surface area contributed by atoms with E-state index >= 15 is 0 Å². The van der Waals surface area contributed by atoms with E-state index in [-0.39, 0.29) is 18.1 Å². The second-order valence-corrected chi connectivity index (χ2v) is 8.75. The summed E-state index contributed by atoms with van der Waals surface area (Å²) in [5.74, 6) is 0.535. The monoisotopic (exact) mass is 597 g/mol. The summed E-state index contributed by atoms with van der Waals surface area (Å²) in [5, 5.41) is 15.0. The molecule has 0 aliphatic heterocycles. The zero-order chi connectivity index (χ0) is 26.1. The van der Waals surface area contributed by atoms with E-state index in [0.29, 0.717) is 37.8 Å². The first-order valence-electron chi connectivity index (χ1n) is 10.8. The molecule has 2 amide bonds. The first-order valence-corrected chi connectivity index (χ1v) is 11.8. The fourth-order valence-electron chi connectivity index (χ4n) is 3.12. The standard InChI is InChI=1S/C27H24IN3O5/c1-17-4-6-20(7-5-17)30-25(32)16-36-26-23(28)13-18(14-24(26)35-3)12-19(15-29)27(33)31-21-8-10-22(34-2)11-9-21/h4-14H,16H2,1-3H3,(H,30,32)(H,31,33)/b19-12+. The van der Waals surface area contributed by atoms with Crippen LogP contribution in [0.4, 0.5) is 11.4 Å². The average Bonchev–Trinajstić information content (AvgIpc) is 2.88. The fourth-order valence-corrected chi connectivity index (χ4v) is 3.90. The van der Waals surface area contributed by atoms with Crippen molar-refractivity contribution in [3.63, 3.8) is 0 Å². The van der Waals surface area contributed by atoms with E-state index in [1.54, 1.807) is 43.5 Å². The number of halogens is 1. The van der Waals surface area contributed by atoms with Crippen LogP contribution in [0.3, 0.4) is 0 Å². The lowest BCUT2D eigenvalue weighted by atomic mass is 10.1. The predicted molar refractivity (Wildman–Crippen MR) is 146 cm³/mol. The molecule has 0 aliphatic rings. The molecule has 0 aromatic heterocycles. The zero-order valence-corrected chi connectivity index (χ0v) is 22.1. The molecule has 184 valence electrons. The van der Waals surface area contributed by atoms with Crippen LogP contribution in [0.1, 0.15) is 11.1 Å². The summed E-state index contributed by atoms with van der Waals surface area (Å²) in [7, 11) is 3.02. The Hall–Kier alpha value is -4.04. The van der Waals surface area contributed by atoms with Gasteiger partial charge in [0.1, 0.15) is 17.4 Å². The molecule has 0 saturated carbocycles. The zero-order valence-electron chi connectivity index (χ0n) is 19.9. The lowest BCUT2D eigenvalue weighted by molar-refractivity contribution is -0.118. The minimum Gasteiger partial charge on any atom is -0.497 e. The highest BCUT2D eigenvalue weighted by molar-refractivity contribution is 14.1. The largest absolute Gasteiger partial charge is 0.497 e. The van der Waals surface area contributed by atoms with Crippen LogP contribution >= 0.6 is 22.6 Å². The Kier molecular flexibility index (Phi) is 9.30. The highest BCUT2D eigenvalue weighted by Crippen LogP contribution is 2.34. The second kappa shape index (κ2) is 12.6. The fraction of sp³-hybridized carbons (Fsp3) is 0.148. The minimum atomic E-state index is -0.551. The summed E-state index contributed by atoms with van der Waals surface area (Å²) in [6, 6.07) is 19.5. The van der Waals surface area contributed by atoms with Gasteiger partial charge in [0.2, 0.25) is 0 Å². The molecule has 0 aliphatic carbocycles. The Morgan fingerprint density at radius 1 is 0.972 bits per heavy atom. The normalized spacial score (nSPS) is 10.7. The molecule has 36 heavy (non-hydrogen) atoms. The van der Waals surface area contributed by atoms with Crippen LogP contribution in [0.5, 0.6) is 17.2 Å². The van der Waals surface area contributed by atoms with Gasteiger partial charge in [-0.25, -0.2) is 0 Å². The van der Waals surface area contributed by atoms with Crippen LogP contribution in [0, 0.1) is 21.8 Å². The van der Waals surface area contributed by atoms with Crippen LogP contribution in [-0.2, 0) is 9.59 Å². The third kappa shape index (κ3) is 7.23. The SMILES string of the molecule is COc1ccc(NC(=O)/C(C#N)=C/c2cc(I)c(OCC(=O)Nc3ccc(C)cc3)c(OC)c2)cc1. The number of nitrogens with zero attached hydrogens (tertiary/aromatic N) is 1. The number of methoxy groups -OCH3 is 2. The van der Waals surface area contributed by atoms with Gasteiger partial charge in [0.15, 0.2) is 18.1 Å². The predicted octanol–water partition coefficient (Wildman–Crippen LogP) is 5.18. The number of ether oxygens (including phenoxy) is 3. The topological polar surface area (TPSA) is 110 Å². The van der Waals surface area contributed by atoms with Gasteiger partial charge in [-0.3, -0.25) is 9.59 Å². The minimum absolute atomic E-state index is 0.0881. The summed E-state index contributed by atoms with van der Waals surface area (Å²) in [6.07, 6.45) is 1.46. The first kappa shape index (κ1) is 26.6. The van der Waals surface area contributed by atoms with Crippen molar-refractivity contribution in [2.75, 3.05) is 31.5 Å². The second-order valence-electron chi connectivity index (χ2n) is 7.59. The van der Waals surface area contributed by atoms with Gasteiger partial charge in [0.25, 0.3) is 11.8 Å². The van der Waals surface area contributed by atoms with E-state index in [2.05, 4.69) is 10.6 Å². The van der Waals surface area contributed by atoms with Crippen LogP contribution in [-0.4, -0.2) is 32.6 Å². The third-order valence-electron chi connectivity index (χ3n) is 4.96. The van der Waals surface area contributed by atoms with Gasteiger partial charge in [0, 0.05) is 11.4 Å². The Labute approximate surface area is 223 Å². The van der Waals surface area contributed by atoms with Gasteiger partial charge in [0.05, 0.1) is 17.8 Å². The Morgan fingerprint density at radius 2 is 1.61 bits per heavy atom. The number of rotatable bonds is 9. The van der Waals surface area contributed by atoms with E-state index in [4.69, 9.17) is 14.2 Å². The molecule has 3 rings (SSSR count). The lowest BCUT2D eigenvalue weighted by Gasteiger charge is -2.14. The maximum Gasteiger partial charge on any atom is 0.266 e. The molecule has 0 unspecified atom stereocenters. The summed E-state index contributed by atoms with van der Waals surface area (Å²) in [6.45, 7) is 1.75. The van der Waals surface area contributed by atoms with Crippen molar-refractivity contribution in [3.8, 4) is 23.3 Å². The lowest BCUT2D eigenvalue weighted by Crippen LogP contribution is -2.20. The first-order chi connectivity index (χ1) is 17.3. The average molecular weight is 597 g/mol. The van der Waals surface area contributed by atoms with E-state index in [1.165, 1.54) is 13.2 Å². The molecular formula is C27H24IN3O5. The molecule has 2 N–H and O–H groups in total. The molecule has 3 aromatic carbocycles. The van der Waals surface area contributed by atoms with Gasteiger partial charge in [-0.15, -0.1) is 0 Å². The van der Waals surface area contributed by atoms with Crippen molar-refractivity contribution in [2.45, 2.75) is 6.92 Å². The quantitative estimate of drug-likeness (QED) is 0.200. The molecule has 0 fully saturated rings. The molecule has 0 heterocycles. The molecule has 3 aromatic rings. The Morgan fingerprint density at radius 3 is 2.22 bits per heavy atom. The molecule has 0 bridgehead atoms. The summed E-state index contributed by atoms with van der Waals surface area (Å²) >= 11 is 2.05. The molecule has 0 radical (unpaired) electrons. The highest BCUT2D eigenvalue weighted by Gasteiger charge is 2.15. The number of aryl methyl sites for hydroxylation is 1. The Bertz CT molecular complexity index is 1310. The number of amides is 2. The molecule has 9 heteroatoms. The van der Waals surface area contributed by atoms with Gasteiger partial charge in [-0.05, 0) is 89.7 Å². The van der Waals surface area contributed by atoms with Crippen molar-refractivity contribution < 1.29 is 23.8 Å². The van der Waals surface area contributed by atoms with Gasteiger partial charge < -0.3 is 24.8 Å². The third-order valence-corrected chi connectivity index (χ3v) is 5.76. The maximum absolute atomic E-state index is 12.6. The molecule has 0 saturated heterocycles. The number of hydrogen-bond donors (Lipinski definition) is 2. The number of hydrogen-bond acceptors (Lipinski definition) is 6. The smallest absolute Gasteiger partial charge is 0.266 e. The van der Waals surface area contributed by atoms with E-state index in [1.807, 2.05) is 59.8 Å². The molecular weight excluding hydrogens is 573 g/mol. The number of benzene rings is 3. The van der Waals surface area contributed by atoms with Crippen molar-refractivity contribution in [1.29, 1.82) is 5.26 Å². The summed E-state index contributed by atoms with van der Waals surface area (Å²) < 4.78 is 16.9. The van der Waals surface area contributed by atoms with Crippen LogP contribution in [0.25, 0.3) is 6.08 Å². The number of carbonyl (C=O) groups excluding carboxylic acids is 2. The van der Waals surface area contributed by atoms with Gasteiger partial charge in [-0.1, -0.05) is 17.7 Å².